The highest BCUT2D eigenvalue weighted by Gasteiger charge is 2.07. The number of anilines is 1. The van der Waals surface area contributed by atoms with E-state index in [1.165, 1.54) is 12.1 Å². The van der Waals surface area contributed by atoms with Gasteiger partial charge in [-0.25, -0.2) is 14.8 Å². The van der Waals surface area contributed by atoms with Crippen molar-refractivity contribution < 1.29 is 9.90 Å². The molecule has 1 aromatic rings. The van der Waals surface area contributed by atoms with Gasteiger partial charge in [-0.3, -0.25) is 0 Å². The Labute approximate surface area is 86.3 Å². The Morgan fingerprint density at radius 3 is 2.71 bits per heavy atom. The van der Waals surface area contributed by atoms with Crippen LogP contribution in [-0.4, -0.2) is 35.2 Å². The standard InChI is InChI=1S/C8H10ClN3O2/c1-12(2)11-7-4-5(8(13)14)3-6(9)10-7/h3-4H,1-2H3,(H,10,11)(H,13,14). The summed E-state index contributed by atoms with van der Waals surface area (Å²) in [5.74, 6) is -0.629. The van der Waals surface area contributed by atoms with Crippen molar-refractivity contribution in [1.29, 1.82) is 0 Å². The first-order valence-electron chi connectivity index (χ1n) is 3.84. The van der Waals surface area contributed by atoms with Crippen LogP contribution in [0.1, 0.15) is 10.4 Å². The van der Waals surface area contributed by atoms with Crippen LogP contribution in [0.3, 0.4) is 0 Å². The lowest BCUT2D eigenvalue weighted by Crippen LogP contribution is -2.20. The lowest BCUT2D eigenvalue weighted by molar-refractivity contribution is 0.0697. The molecular weight excluding hydrogens is 206 g/mol. The number of nitrogens with one attached hydrogen (secondary N) is 1. The van der Waals surface area contributed by atoms with Gasteiger partial charge in [0.1, 0.15) is 11.0 Å². The SMILES string of the molecule is CN(C)Nc1cc(C(=O)O)cc(Cl)n1. The minimum Gasteiger partial charge on any atom is -0.478 e. The van der Waals surface area contributed by atoms with Gasteiger partial charge in [-0.1, -0.05) is 11.6 Å². The number of aromatic carboxylic acids is 1. The van der Waals surface area contributed by atoms with Crippen LogP contribution >= 0.6 is 11.6 Å². The van der Waals surface area contributed by atoms with Gasteiger partial charge in [-0.15, -0.1) is 0 Å². The molecule has 0 aliphatic carbocycles. The van der Waals surface area contributed by atoms with Crippen LogP contribution in [-0.2, 0) is 0 Å². The van der Waals surface area contributed by atoms with Gasteiger partial charge in [0, 0.05) is 14.1 Å². The van der Waals surface area contributed by atoms with Crippen molar-refractivity contribution in [3.63, 3.8) is 0 Å². The summed E-state index contributed by atoms with van der Waals surface area (Å²) in [7, 11) is 3.53. The number of nitrogens with zero attached hydrogens (tertiary/aromatic N) is 2. The van der Waals surface area contributed by atoms with Gasteiger partial charge in [-0.2, -0.15) is 0 Å². The third kappa shape index (κ3) is 2.86. The van der Waals surface area contributed by atoms with E-state index in [0.29, 0.717) is 5.82 Å². The second-order valence-corrected chi connectivity index (χ2v) is 3.26. The number of carbonyl (C=O) groups is 1. The molecule has 0 spiro atoms. The number of carboxylic acids is 1. The molecule has 0 aliphatic rings. The second kappa shape index (κ2) is 4.26. The van der Waals surface area contributed by atoms with Gasteiger partial charge in [-0.05, 0) is 12.1 Å². The molecule has 0 unspecified atom stereocenters. The maximum absolute atomic E-state index is 10.7. The van der Waals surface area contributed by atoms with Gasteiger partial charge in [0.15, 0.2) is 0 Å². The van der Waals surface area contributed by atoms with Crippen molar-refractivity contribution in [3.05, 3.63) is 22.8 Å². The van der Waals surface area contributed by atoms with Gasteiger partial charge in [0.2, 0.25) is 0 Å². The van der Waals surface area contributed by atoms with Crippen LogP contribution in [0.25, 0.3) is 0 Å². The zero-order chi connectivity index (χ0) is 10.7. The minimum atomic E-state index is -1.03. The lowest BCUT2D eigenvalue weighted by atomic mass is 10.3. The van der Waals surface area contributed by atoms with Gasteiger partial charge in [0.25, 0.3) is 0 Å². The maximum Gasteiger partial charge on any atom is 0.335 e. The first kappa shape index (κ1) is 10.7. The Bertz CT molecular complexity index is 354. The Balaban J connectivity index is 3.01. The molecule has 1 aromatic heterocycles. The third-order valence-electron chi connectivity index (χ3n) is 1.38. The number of rotatable bonds is 3. The summed E-state index contributed by atoms with van der Waals surface area (Å²) in [5, 5.41) is 10.5. The van der Waals surface area contributed by atoms with Crippen molar-refractivity contribution in [2.24, 2.45) is 0 Å². The molecule has 76 valence electrons. The summed E-state index contributed by atoms with van der Waals surface area (Å²) in [6.07, 6.45) is 0. The molecule has 14 heavy (non-hydrogen) atoms. The predicted molar refractivity (Wildman–Crippen MR) is 53.5 cm³/mol. The van der Waals surface area contributed by atoms with Crippen molar-refractivity contribution in [1.82, 2.24) is 9.99 Å². The van der Waals surface area contributed by atoms with E-state index in [-0.39, 0.29) is 10.7 Å². The second-order valence-electron chi connectivity index (χ2n) is 2.88. The van der Waals surface area contributed by atoms with E-state index < -0.39 is 5.97 Å². The number of halogens is 1. The molecule has 0 saturated carbocycles. The van der Waals surface area contributed by atoms with Crippen LogP contribution in [0, 0.1) is 0 Å². The fourth-order valence-electron chi connectivity index (χ4n) is 0.907. The highest BCUT2D eigenvalue weighted by atomic mass is 35.5. The fraction of sp³-hybridized carbons (Fsp3) is 0.250. The lowest BCUT2D eigenvalue weighted by Gasteiger charge is -2.12. The highest BCUT2D eigenvalue weighted by Crippen LogP contribution is 2.14. The molecule has 0 radical (unpaired) electrons. The summed E-state index contributed by atoms with van der Waals surface area (Å²) < 4.78 is 0. The molecule has 0 bridgehead atoms. The first-order valence-corrected chi connectivity index (χ1v) is 4.21. The van der Waals surface area contributed by atoms with Crippen molar-refractivity contribution in [2.75, 3.05) is 19.5 Å². The quantitative estimate of drug-likeness (QED) is 0.588. The Morgan fingerprint density at radius 2 is 2.21 bits per heavy atom. The Morgan fingerprint density at radius 1 is 1.57 bits per heavy atom. The summed E-state index contributed by atoms with van der Waals surface area (Å²) in [6, 6.07) is 2.71. The van der Waals surface area contributed by atoms with Crippen molar-refractivity contribution in [2.45, 2.75) is 0 Å². The number of hydrogen-bond acceptors (Lipinski definition) is 4. The molecule has 0 fully saturated rings. The van der Waals surface area contributed by atoms with Crippen LogP contribution in [0.15, 0.2) is 12.1 Å². The number of hydrazine groups is 1. The molecule has 5 nitrogen and oxygen atoms in total. The third-order valence-corrected chi connectivity index (χ3v) is 1.57. The van der Waals surface area contributed by atoms with Crippen molar-refractivity contribution >= 4 is 23.4 Å². The maximum atomic E-state index is 10.7. The topological polar surface area (TPSA) is 65.5 Å². The number of aromatic nitrogens is 1. The van der Waals surface area contributed by atoms with Gasteiger partial charge in [0.05, 0.1) is 5.56 Å². The highest BCUT2D eigenvalue weighted by molar-refractivity contribution is 6.29. The van der Waals surface area contributed by atoms with Gasteiger partial charge < -0.3 is 10.5 Å². The Hall–Kier alpha value is -1.33. The van der Waals surface area contributed by atoms with E-state index in [4.69, 9.17) is 16.7 Å². The largest absolute Gasteiger partial charge is 0.478 e. The molecular formula is C8H10ClN3O2. The van der Waals surface area contributed by atoms with E-state index in [0.717, 1.165) is 0 Å². The molecule has 1 rings (SSSR count). The molecule has 2 N–H and O–H groups in total. The smallest absolute Gasteiger partial charge is 0.335 e. The molecule has 0 atom stereocenters. The van der Waals surface area contributed by atoms with Gasteiger partial charge >= 0.3 is 5.97 Å². The number of hydrogen-bond donors (Lipinski definition) is 2. The molecule has 0 saturated heterocycles. The normalized spacial score (nSPS) is 10.3. The summed E-state index contributed by atoms with van der Waals surface area (Å²) >= 11 is 5.64. The van der Waals surface area contributed by atoms with Crippen LogP contribution in [0.4, 0.5) is 5.82 Å². The summed E-state index contributed by atoms with van der Waals surface area (Å²) in [4.78, 5) is 14.6. The zero-order valence-corrected chi connectivity index (χ0v) is 8.54. The number of pyridine rings is 1. The molecule has 6 heteroatoms. The zero-order valence-electron chi connectivity index (χ0n) is 7.78. The predicted octanol–water partition coefficient (Wildman–Crippen LogP) is 1.32. The summed E-state index contributed by atoms with van der Waals surface area (Å²) in [6.45, 7) is 0. The molecule has 0 amide bonds. The molecule has 0 aliphatic heterocycles. The van der Waals surface area contributed by atoms with E-state index >= 15 is 0 Å². The monoisotopic (exact) mass is 215 g/mol. The van der Waals surface area contributed by atoms with E-state index in [1.807, 2.05) is 0 Å². The van der Waals surface area contributed by atoms with Crippen LogP contribution in [0.2, 0.25) is 5.15 Å². The fourth-order valence-corrected chi connectivity index (χ4v) is 1.12. The van der Waals surface area contributed by atoms with Crippen LogP contribution < -0.4 is 5.43 Å². The van der Waals surface area contributed by atoms with Crippen molar-refractivity contribution in [3.8, 4) is 0 Å². The van der Waals surface area contributed by atoms with E-state index in [1.54, 1.807) is 19.1 Å². The van der Waals surface area contributed by atoms with E-state index in [9.17, 15) is 4.79 Å². The molecule has 0 aromatic carbocycles. The average Bonchev–Trinajstić information content (AvgIpc) is 2.01. The average molecular weight is 216 g/mol. The van der Waals surface area contributed by atoms with Crippen LogP contribution in [0.5, 0.6) is 0 Å². The Kier molecular flexibility index (Phi) is 3.27. The van der Waals surface area contributed by atoms with E-state index in [2.05, 4.69) is 10.4 Å². The summed E-state index contributed by atoms with van der Waals surface area (Å²) in [5.41, 5.74) is 2.92. The molecule has 1 heterocycles. The minimum absolute atomic E-state index is 0.106. The number of carboxylic acid groups (broad SMARTS) is 1. The first-order chi connectivity index (χ1) is 6.49.